The van der Waals surface area contributed by atoms with Crippen LogP contribution >= 0.6 is 0 Å². The van der Waals surface area contributed by atoms with Crippen LogP contribution in [0.15, 0.2) is 35.4 Å². The second-order valence-corrected chi connectivity index (χ2v) is 3.41. The summed E-state index contributed by atoms with van der Waals surface area (Å²) < 4.78 is 5.06. The molecule has 0 aliphatic heterocycles. The summed E-state index contributed by atoms with van der Waals surface area (Å²) in [5.74, 6) is -0.754. The molecular weight excluding hydrogens is 206 g/mol. The molecule has 5 heteroatoms. The average Bonchev–Trinajstić information content (AvgIpc) is 2.34. The number of ether oxygens (including phenoxy) is 1. The molecule has 0 saturated carbocycles. The Morgan fingerprint density at radius 1 is 1.50 bits per heavy atom. The topological polar surface area (TPSA) is 75.1 Å². The number of carbonyl (C=O) groups is 1. The van der Waals surface area contributed by atoms with Crippen molar-refractivity contribution in [2.24, 2.45) is 11.0 Å². The monoisotopic (exact) mass is 219 g/mol. The molecule has 0 unspecified atom stereocenters. The Labute approximate surface area is 93.7 Å². The van der Waals surface area contributed by atoms with E-state index in [-0.39, 0.29) is 19.1 Å². The van der Waals surface area contributed by atoms with Crippen LogP contribution in [0.1, 0.15) is 12.5 Å². The molecule has 16 heavy (non-hydrogen) atoms. The van der Waals surface area contributed by atoms with E-state index in [1.54, 1.807) is 6.92 Å². The molecule has 0 aliphatic rings. The first-order valence-electron chi connectivity index (χ1n) is 4.95. The largest absolute Gasteiger partial charge is 0.461 e. The zero-order valence-electron chi connectivity index (χ0n) is 9.04. The molecule has 0 radical (unpaired) electrons. The van der Waals surface area contributed by atoms with Gasteiger partial charge in [-0.05, 0) is 11.1 Å². The molecule has 0 amide bonds. The number of carbonyl (C=O) groups excluding carboxylic acids is 1. The molecule has 0 aromatic heterocycles. The minimum absolute atomic E-state index is 0.129. The van der Waals surface area contributed by atoms with E-state index < -0.39 is 5.92 Å². The van der Waals surface area contributed by atoms with Crippen LogP contribution in [-0.2, 0) is 16.1 Å². The van der Waals surface area contributed by atoms with Gasteiger partial charge in [-0.1, -0.05) is 42.4 Å². The molecule has 84 valence electrons. The van der Waals surface area contributed by atoms with Crippen LogP contribution in [0.3, 0.4) is 0 Å². The van der Waals surface area contributed by atoms with Crippen LogP contribution in [0.25, 0.3) is 10.4 Å². The van der Waals surface area contributed by atoms with Gasteiger partial charge in [0, 0.05) is 11.5 Å². The first kappa shape index (κ1) is 12.1. The van der Waals surface area contributed by atoms with Gasteiger partial charge in [0.1, 0.15) is 6.61 Å². The average molecular weight is 219 g/mol. The number of esters is 1. The van der Waals surface area contributed by atoms with Crippen molar-refractivity contribution < 1.29 is 9.53 Å². The van der Waals surface area contributed by atoms with E-state index >= 15 is 0 Å². The number of rotatable bonds is 5. The number of hydrogen-bond acceptors (Lipinski definition) is 3. The summed E-state index contributed by atoms with van der Waals surface area (Å²) in [6, 6.07) is 9.42. The Kier molecular flexibility index (Phi) is 4.89. The van der Waals surface area contributed by atoms with Gasteiger partial charge >= 0.3 is 5.97 Å². The van der Waals surface area contributed by atoms with Gasteiger partial charge in [0.25, 0.3) is 0 Å². The third-order valence-corrected chi connectivity index (χ3v) is 2.05. The first-order chi connectivity index (χ1) is 7.74. The molecule has 0 N–H and O–H groups in total. The highest BCUT2D eigenvalue weighted by Gasteiger charge is 2.13. The number of benzene rings is 1. The fourth-order valence-electron chi connectivity index (χ4n) is 1.10. The van der Waals surface area contributed by atoms with E-state index in [9.17, 15) is 4.79 Å². The maximum absolute atomic E-state index is 11.4. The zero-order valence-corrected chi connectivity index (χ0v) is 9.04. The molecule has 1 atom stereocenters. The van der Waals surface area contributed by atoms with E-state index in [0.717, 1.165) is 5.56 Å². The summed E-state index contributed by atoms with van der Waals surface area (Å²) in [4.78, 5) is 14.0. The zero-order chi connectivity index (χ0) is 11.8. The quantitative estimate of drug-likeness (QED) is 0.330. The molecule has 0 bridgehead atoms. The van der Waals surface area contributed by atoms with E-state index in [4.69, 9.17) is 10.3 Å². The standard InChI is InChI=1S/C11H13N3O2/c1-9(7-13-14-12)11(15)16-8-10-5-3-2-4-6-10/h2-6,9H,7-8H2,1H3/t9-/m0/s1. The summed E-state index contributed by atoms with van der Waals surface area (Å²) in [5.41, 5.74) is 9.05. The summed E-state index contributed by atoms with van der Waals surface area (Å²) in [7, 11) is 0. The van der Waals surface area contributed by atoms with Crippen LogP contribution in [0.2, 0.25) is 0 Å². The fraction of sp³-hybridized carbons (Fsp3) is 0.364. The van der Waals surface area contributed by atoms with Crippen molar-refractivity contribution in [1.82, 2.24) is 0 Å². The Hall–Kier alpha value is -2.00. The van der Waals surface area contributed by atoms with Gasteiger partial charge in [-0.15, -0.1) is 0 Å². The molecule has 0 heterocycles. The molecular formula is C11H13N3O2. The molecule has 0 saturated heterocycles. The summed E-state index contributed by atoms with van der Waals surface area (Å²) in [6.45, 7) is 2.05. The summed E-state index contributed by atoms with van der Waals surface area (Å²) >= 11 is 0. The highest BCUT2D eigenvalue weighted by Crippen LogP contribution is 2.05. The van der Waals surface area contributed by atoms with Crippen molar-refractivity contribution in [2.75, 3.05) is 6.54 Å². The lowest BCUT2D eigenvalue weighted by Gasteiger charge is -2.08. The Balaban J connectivity index is 2.38. The van der Waals surface area contributed by atoms with Crippen molar-refractivity contribution in [3.05, 3.63) is 46.3 Å². The Morgan fingerprint density at radius 3 is 2.81 bits per heavy atom. The van der Waals surface area contributed by atoms with Gasteiger partial charge < -0.3 is 4.74 Å². The van der Waals surface area contributed by atoms with Gasteiger partial charge in [0.15, 0.2) is 0 Å². The van der Waals surface area contributed by atoms with Crippen molar-refractivity contribution in [1.29, 1.82) is 0 Å². The van der Waals surface area contributed by atoms with E-state index in [2.05, 4.69) is 10.0 Å². The maximum atomic E-state index is 11.4. The van der Waals surface area contributed by atoms with E-state index in [1.807, 2.05) is 30.3 Å². The van der Waals surface area contributed by atoms with Gasteiger partial charge in [-0.2, -0.15) is 0 Å². The van der Waals surface area contributed by atoms with Gasteiger partial charge in [0.2, 0.25) is 0 Å². The molecule has 0 aliphatic carbocycles. The summed E-state index contributed by atoms with van der Waals surface area (Å²) in [5, 5.41) is 3.33. The van der Waals surface area contributed by atoms with Crippen molar-refractivity contribution in [3.8, 4) is 0 Å². The third-order valence-electron chi connectivity index (χ3n) is 2.05. The second kappa shape index (κ2) is 6.48. The third kappa shape index (κ3) is 4.02. The molecule has 1 aromatic rings. The highest BCUT2D eigenvalue weighted by molar-refractivity contribution is 5.72. The van der Waals surface area contributed by atoms with Crippen LogP contribution < -0.4 is 0 Å². The molecule has 0 spiro atoms. The van der Waals surface area contributed by atoms with E-state index in [1.165, 1.54) is 0 Å². The lowest BCUT2D eigenvalue weighted by molar-refractivity contribution is -0.148. The fourth-order valence-corrected chi connectivity index (χ4v) is 1.10. The lowest BCUT2D eigenvalue weighted by Crippen LogP contribution is -2.17. The van der Waals surface area contributed by atoms with Crippen molar-refractivity contribution in [2.45, 2.75) is 13.5 Å². The predicted molar refractivity (Wildman–Crippen MR) is 59.4 cm³/mol. The lowest BCUT2D eigenvalue weighted by atomic mass is 10.2. The molecule has 5 nitrogen and oxygen atoms in total. The van der Waals surface area contributed by atoms with Crippen molar-refractivity contribution >= 4 is 5.97 Å². The Bertz CT molecular complexity index is 385. The Morgan fingerprint density at radius 2 is 2.19 bits per heavy atom. The van der Waals surface area contributed by atoms with Gasteiger partial charge in [0.05, 0.1) is 5.92 Å². The van der Waals surface area contributed by atoms with E-state index in [0.29, 0.717) is 0 Å². The number of nitrogens with zero attached hydrogens (tertiary/aromatic N) is 3. The van der Waals surface area contributed by atoms with Crippen LogP contribution in [0, 0.1) is 5.92 Å². The molecule has 0 fully saturated rings. The number of azide groups is 1. The minimum Gasteiger partial charge on any atom is -0.461 e. The van der Waals surface area contributed by atoms with Crippen LogP contribution in [0.4, 0.5) is 0 Å². The minimum atomic E-state index is -0.403. The van der Waals surface area contributed by atoms with Crippen LogP contribution in [-0.4, -0.2) is 12.5 Å². The van der Waals surface area contributed by atoms with Crippen molar-refractivity contribution in [3.63, 3.8) is 0 Å². The highest BCUT2D eigenvalue weighted by atomic mass is 16.5. The predicted octanol–water partition coefficient (Wildman–Crippen LogP) is 2.68. The smallest absolute Gasteiger partial charge is 0.309 e. The second-order valence-electron chi connectivity index (χ2n) is 3.41. The van der Waals surface area contributed by atoms with Gasteiger partial charge in [-0.3, -0.25) is 4.79 Å². The number of hydrogen-bond donors (Lipinski definition) is 0. The molecule has 1 aromatic carbocycles. The van der Waals surface area contributed by atoms with Crippen LogP contribution in [0.5, 0.6) is 0 Å². The normalized spacial score (nSPS) is 11.3. The first-order valence-corrected chi connectivity index (χ1v) is 4.95. The molecule has 1 rings (SSSR count). The van der Waals surface area contributed by atoms with Gasteiger partial charge in [-0.25, -0.2) is 0 Å². The maximum Gasteiger partial charge on any atom is 0.309 e. The summed E-state index contributed by atoms with van der Waals surface area (Å²) in [6.07, 6.45) is 0. The SMILES string of the molecule is C[C@@H](CN=[N+]=[N-])C(=O)OCc1ccccc1.